The van der Waals surface area contributed by atoms with Gasteiger partial charge in [0.05, 0.1) is 6.10 Å². The molecule has 1 aromatic rings. The van der Waals surface area contributed by atoms with Gasteiger partial charge in [-0.1, -0.05) is 35.3 Å². The molecule has 96 valence electrons. The van der Waals surface area contributed by atoms with Gasteiger partial charge in [-0.05, 0) is 38.0 Å². The third-order valence-corrected chi connectivity index (χ3v) is 3.65. The minimum absolute atomic E-state index is 0.427. The Morgan fingerprint density at radius 1 is 1.35 bits per heavy atom. The van der Waals surface area contributed by atoms with E-state index in [1.54, 1.807) is 6.92 Å². The molecule has 0 aliphatic carbocycles. The SMILES string of the molecule is CCCCN(CC)c1ccc(C(C)O)c(Br)c1. The highest BCUT2D eigenvalue weighted by Gasteiger charge is 2.09. The zero-order valence-electron chi connectivity index (χ0n) is 10.9. The molecule has 1 aromatic carbocycles. The zero-order valence-corrected chi connectivity index (χ0v) is 12.5. The number of rotatable bonds is 6. The van der Waals surface area contributed by atoms with Crippen LogP contribution < -0.4 is 4.90 Å². The van der Waals surface area contributed by atoms with E-state index in [4.69, 9.17) is 0 Å². The van der Waals surface area contributed by atoms with Gasteiger partial charge >= 0.3 is 0 Å². The number of aliphatic hydroxyl groups is 1. The van der Waals surface area contributed by atoms with Gasteiger partial charge in [-0.3, -0.25) is 0 Å². The fourth-order valence-electron chi connectivity index (χ4n) is 1.87. The molecule has 0 fully saturated rings. The smallest absolute Gasteiger partial charge is 0.0772 e. The highest BCUT2D eigenvalue weighted by atomic mass is 79.9. The van der Waals surface area contributed by atoms with Crippen molar-refractivity contribution in [1.82, 2.24) is 0 Å². The number of nitrogens with zero attached hydrogens (tertiary/aromatic N) is 1. The van der Waals surface area contributed by atoms with E-state index in [0.29, 0.717) is 0 Å². The molecule has 1 unspecified atom stereocenters. The fraction of sp³-hybridized carbons (Fsp3) is 0.571. The van der Waals surface area contributed by atoms with E-state index in [9.17, 15) is 5.11 Å². The number of benzene rings is 1. The van der Waals surface area contributed by atoms with Gasteiger partial charge in [-0.2, -0.15) is 0 Å². The summed E-state index contributed by atoms with van der Waals surface area (Å²) < 4.78 is 0.986. The van der Waals surface area contributed by atoms with Gasteiger partial charge in [0.1, 0.15) is 0 Å². The van der Waals surface area contributed by atoms with Crippen LogP contribution in [-0.4, -0.2) is 18.2 Å². The van der Waals surface area contributed by atoms with E-state index < -0.39 is 6.10 Å². The van der Waals surface area contributed by atoms with Gasteiger partial charge in [-0.15, -0.1) is 0 Å². The third kappa shape index (κ3) is 4.00. The van der Waals surface area contributed by atoms with E-state index in [1.165, 1.54) is 18.5 Å². The largest absolute Gasteiger partial charge is 0.389 e. The summed E-state index contributed by atoms with van der Waals surface area (Å²) in [5, 5.41) is 9.59. The Bertz CT molecular complexity index is 352. The van der Waals surface area contributed by atoms with Gasteiger partial charge in [0.25, 0.3) is 0 Å². The van der Waals surface area contributed by atoms with Crippen LogP contribution in [0.4, 0.5) is 5.69 Å². The van der Waals surface area contributed by atoms with Crippen molar-refractivity contribution in [2.24, 2.45) is 0 Å². The summed E-state index contributed by atoms with van der Waals surface area (Å²) in [7, 11) is 0. The maximum Gasteiger partial charge on any atom is 0.0772 e. The Morgan fingerprint density at radius 3 is 2.53 bits per heavy atom. The predicted octanol–water partition coefficient (Wildman–Crippen LogP) is 4.13. The standard InChI is InChI=1S/C14H22BrNO/c1-4-6-9-16(5-2)12-7-8-13(11(3)17)14(15)10-12/h7-8,10-11,17H,4-6,9H2,1-3H3. The monoisotopic (exact) mass is 299 g/mol. The number of aliphatic hydroxyl groups excluding tert-OH is 1. The Labute approximate surface area is 113 Å². The van der Waals surface area contributed by atoms with Crippen LogP contribution in [0.5, 0.6) is 0 Å². The molecule has 1 atom stereocenters. The molecule has 0 spiro atoms. The van der Waals surface area contributed by atoms with Crippen LogP contribution in [0, 0.1) is 0 Å². The van der Waals surface area contributed by atoms with Crippen molar-refractivity contribution < 1.29 is 5.11 Å². The van der Waals surface area contributed by atoms with Gasteiger partial charge in [0.15, 0.2) is 0 Å². The van der Waals surface area contributed by atoms with Crippen molar-refractivity contribution in [2.75, 3.05) is 18.0 Å². The van der Waals surface area contributed by atoms with Gasteiger partial charge in [0, 0.05) is 23.2 Å². The van der Waals surface area contributed by atoms with E-state index in [-0.39, 0.29) is 0 Å². The van der Waals surface area contributed by atoms with Crippen molar-refractivity contribution >= 4 is 21.6 Å². The fourth-order valence-corrected chi connectivity index (χ4v) is 2.57. The highest BCUT2D eigenvalue weighted by Crippen LogP contribution is 2.28. The van der Waals surface area contributed by atoms with E-state index in [1.807, 2.05) is 6.07 Å². The van der Waals surface area contributed by atoms with Crippen LogP contribution in [0.3, 0.4) is 0 Å². The number of anilines is 1. The minimum Gasteiger partial charge on any atom is -0.389 e. The lowest BCUT2D eigenvalue weighted by atomic mass is 10.1. The molecule has 2 nitrogen and oxygen atoms in total. The summed E-state index contributed by atoms with van der Waals surface area (Å²) in [5.74, 6) is 0. The van der Waals surface area contributed by atoms with E-state index >= 15 is 0 Å². The first-order valence-corrected chi connectivity index (χ1v) is 7.11. The topological polar surface area (TPSA) is 23.5 Å². The molecular formula is C14H22BrNO. The highest BCUT2D eigenvalue weighted by molar-refractivity contribution is 9.10. The maximum absolute atomic E-state index is 9.59. The molecule has 1 rings (SSSR count). The molecule has 0 radical (unpaired) electrons. The molecule has 1 N–H and O–H groups in total. The summed E-state index contributed by atoms with van der Waals surface area (Å²) in [6, 6.07) is 6.19. The average molecular weight is 300 g/mol. The van der Waals surface area contributed by atoms with Gasteiger partial charge < -0.3 is 10.0 Å². The molecule has 0 aliphatic heterocycles. The number of hydrogen-bond acceptors (Lipinski definition) is 2. The molecule has 0 aromatic heterocycles. The molecule has 0 bridgehead atoms. The number of halogens is 1. The zero-order chi connectivity index (χ0) is 12.8. The Hall–Kier alpha value is -0.540. The molecule has 0 amide bonds. The van der Waals surface area contributed by atoms with Crippen molar-refractivity contribution in [1.29, 1.82) is 0 Å². The van der Waals surface area contributed by atoms with Crippen molar-refractivity contribution in [3.05, 3.63) is 28.2 Å². The van der Waals surface area contributed by atoms with Crippen LogP contribution in [0.15, 0.2) is 22.7 Å². The van der Waals surface area contributed by atoms with Crippen molar-refractivity contribution in [3.63, 3.8) is 0 Å². The van der Waals surface area contributed by atoms with Crippen LogP contribution in [0.25, 0.3) is 0 Å². The summed E-state index contributed by atoms with van der Waals surface area (Å²) in [6.45, 7) is 8.27. The molecule has 0 aliphatic rings. The first-order chi connectivity index (χ1) is 8.10. The lowest BCUT2D eigenvalue weighted by Crippen LogP contribution is -2.23. The van der Waals surface area contributed by atoms with Crippen LogP contribution in [0.1, 0.15) is 45.3 Å². The lowest BCUT2D eigenvalue weighted by molar-refractivity contribution is 0.198. The van der Waals surface area contributed by atoms with Crippen molar-refractivity contribution in [2.45, 2.75) is 39.7 Å². The lowest BCUT2D eigenvalue weighted by Gasteiger charge is -2.24. The summed E-state index contributed by atoms with van der Waals surface area (Å²) in [5.41, 5.74) is 2.16. The van der Waals surface area contributed by atoms with Gasteiger partial charge in [0.2, 0.25) is 0 Å². The molecule has 0 heterocycles. The normalized spacial score (nSPS) is 12.5. The number of unbranched alkanes of at least 4 members (excludes halogenated alkanes) is 1. The van der Waals surface area contributed by atoms with Gasteiger partial charge in [-0.25, -0.2) is 0 Å². The molecule has 0 saturated carbocycles. The molecule has 3 heteroatoms. The Morgan fingerprint density at radius 2 is 2.06 bits per heavy atom. The molecule has 0 saturated heterocycles. The number of hydrogen-bond donors (Lipinski definition) is 1. The summed E-state index contributed by atoms with van der Waals surface area (Å²) >= 11 is 3.53. The second kappa shape index (κ2) is 7.02. The Kier molecular flexibility index (Phi) is 6.00. The minimum atomic E-state index is -0.427. The maximum atomic E-state index is 9.59. The van der Waals surface area contributed by atoms with Crippen LogP contribution >= 0.6 is 15.9 Å². The first-order valence-electron chi connectivity index (χ1n) is 6.32. The van der Waals surface area contributed by atoms with Crippen molar-refractivity contribution in [3.8, 4) is 0 Å². The third-order valence-electron chi connectivity index (χ3n) is 2.96. The second-order valence-electron chi connectivity index (χ2n) is 4.32. The summed E-state index contributed by atoms with van der Waals surface area (Å²) in [4.78, 5) is 2.36. The second-order valence-corrected chi connectivity index (χ2v) is 5.17. The summed E-state index contributed by atoms with van der Waals surface area (Å²) in [6.07, 6.45) is 2.00. The van der Waals surface area contributed by atoms with E-state index in [0.717, 1.165) is 23.1 Å². The first kappa shape index (κ1) is 14.5. The average Bonchev–Trinajstić information content (AvgIpc) is 2.29. The molecular weight excluding hydrogens is 278 g/mol. The quantitative estimate of drug-likeness (QED) is 0.854. The van der Waals surface area contributed by atoms with Crippen LogP contribution in [0.2, 0.25) is 0 Å². The Balaban J connectivity index is 2.86. The van der Waals surface area contributed by atoms with Crippen LogP contribution in [-0.2, 0) is 0 Å². The predicted molar refractivity (Wildman–Crippen MR) is 77.6 cm³/mol. The van der Waals surface area contributed by atoms with E-state index in [2.05, 4.69) is 46.8 Å². The molecule has 17 heavy (non-hydrogen) atoms.